The van der Waals surface area contributed by atoms with Crippen LogP contribution in [0.3, 0.4) is 0 Å². The Morgan fingerprint density at radius 1 is 1.80 bits per heavy atom. The molecule has 82 valence electrons. The van der Waals surface area contributed by atoms with Crippen molar-refractivity contribution in [2.45, 2.75) is 24.4 Å². The fourth-order valence-corrected chi connectivity index (χ4v) is 1.95. The Balaban J connectivity index is 2.58. The van der Waals surface area contributed by atoms with Gasteiger partial charge in [-0.15, -0.1) is 18.0 Å². The van der Waals surface area contributed by atoms with E-state index in [1.807, 2.05) is 0 Å². The van der Waals surface area contributed by atoms with E-state index < -0.39 is 17.5 Å². The van der Waals surface area contributed by atoms with Crippen molar-refractivity contribution in [3.8, 4) is 12.3 Å². The van der Waals surface area contributed by atoms with Gasteiger partial charge in [0.05, 0.1) is 12.5 Å². The van der Waals surface area contributed by atoms with E-state index in [0.29, 0.717) is 12.0 Å². The second-order valence-corrected chi connectivity index (χ2v) is 4.17. The Hall–Kier alpha value is -1.01. The molecule has 15 heavy (non-hydrogen) atoms. The Morgan fingerprint density at radius 2 is 2.47 bits per heavy atom. The molecule has 0 aliphatic heterocycles. The number of nitrogens with one attached hydrogen (secondary N) is 1. The zero-order chi connectivity index (χ0) is 11.4. The fourth-order valence-electron chi connectivity index (χ4n) is 1.59. The van der Waals surface area contributed by atoms with E-state index in [2.05, 4.69) is 17.8 Å². The van der Waals surface area contributed by atoms with Gasteiger partial charge in [-0.2, -0.15) is 0 Å². The molecule has 3 unspecified atom stereocenters. The lowest BCUT2D eigenvalue weighted by Gasteiger charge is -2.29. The van der Waals surface area contributed by atoms with Gasteiger partial charge in [0.25, 0.3) is 0 Å². The number of halogens is 2. The monoisotopic (exact) mass is 229 g/mol. The van der Waals surface area contributed by atoms with Crippen LogP contribution in [0.5, 0.6) is 0 Å². The molecule has 0 heterocycles. The summed E-state index contributed by atoms with van der Waals surface area (Å²) in [5, 5.41) is 2.06. The number of hydrogen-bond donors (Lipinski definition) is 1. The predicted octanol–water partition coefficient (Wildman–Crippen LogP) is 1.65. The smallest absolute Gasteiger partial charge is 0.225 e. The van der Waals surface area contributed by atoms with Crippen LogP contribution in [0.1, 0.15) is 12.8 Å². The van der Waals surface area contributed by atoms with Crippen LogP contribution in [0, 0.1) is 18.3 Å². The number of carbonyl (C=O) groups is 1. The van der Waals surface area contributed by atoms with Crippen LogP contribution in [0.4, 0.5) is 4.39 Å². The third-order valence-electron chi connectivity index (χ3n) is 2.50. The normalized spacial score (nSPS) is 30.7. The molecule has 1 fully saturated rings. The summed E-state index contributed by atoms with van der Waals surface area (Å²) < 4.78 is 13.2. The zero-order valence-electron chi connectivity index (χ0n) is 8.30. The molecule has 1 aliphatic rings. The number of rotatable bonds is 2. The molecule has 1 amide bonds. The predicted molar refractivity (Wildman–Crippen MR) is 58.2 cm³/mol. The molecule has 1 aliphatic carbocycles. The van der Waals surface area contributed by atoms with Gasteiger partial charge in [0, 0.05) is 5.38 Å². The molecule has 1 saturated carbocycles. The van der Waals surface area contributed by atoms with Crippen molar-refractivity contribution in [1.82, 2.24) is 5.32 Å². The molecule has 0 aromatic heterocycles. The average molecular weight is 230 g/mol. The molecule has 0 spiro atoms. The van der Waals surface area contributed by atoms with Gasteiger partial charge >= 0.3 is 0 Å². The van der Waals surface area contributed by atoms with Crippen molar-refractivity contribution in [3.05, 3.63) is 12.2 Å². The summed E-state index contributed by atoms with van der Waals surface area (Å²) in [7, 11) is 0. The SMILES string of the molecule is C#CCNC(=O)C1CC(=C)C(F)CC1Cl. The Bertz CT molecular complexity index is 310. The van der Waals surface area contributed by atoms with Crippen molar-refractivity contribution in [2.24, 2.45) is 5.92 Å². The molecule has 1 rings (SSSR count). The number of carbonyl (C=O) groups excluding carboxylic acids is 1. The van der Waals surface area contributed by atoms with E-state index in [9.17, 15) is 9.18 Å². The Kier molecular flexibility index (Phi) is 4.16. The first-order valence-corrected chi connectivity index (χ1v) is 5.17. The van der Waals surface area contributed by atoms with Gasteiger partial charge in [0.1, 0.15) is 6.17 Å². The lowest BCUT2D eigenvalue weighted by molar-refractivity contribution is -0.125. The Morgan fingerprint density at radius 3 is 3.07 bits per heavy atom. The minimum absolute atomic E-state index is 0.147. The van der Waals surface area contributed by atoms with Gasteiger partial charge in [-0.1, -0.05) is 12.5 Å². The van der Waals surface area contributed by atoms with E-state index in [0.717, 1.165) is 0 Å². The molecule has 3 atom stereocenters. The molecular weight excluding hydrogens is 217 g/mol. The minimum atomic E-state index is -1.09. The summed E-state index contributed by atoms with van der Waals surface area (Å²) in [6.45, 7) is 3.76. The maximum atomic E-state index is 13.2. The van der Waals surface area contributed by atoms with Gasteiger partial charge in [-0.05, 0) is 18.4 Å². The fraction of sp³-hybridized carbons (Fsp3) is 0.545. The molecule has 0 radical (unpaired) electrons. The second-order valence-electron chi connectivity index (χ2n) is 3.61. The van der Waals surface area contributed by atoms with Gasteiger partial charge in [-0.3, -0.25) is 4.79 Å². The highest BCUT2D eigenvalue weighted by Crippen LogP contribution is 2.33. The summed E-state index contributed by atoms with van der Waals surface area (Å²) >= 11 is 5.92. The van der Waals surface area contributed by atoms with Gasteiger partial charge < -0.3 is 5.32 Å². The van der Waals surface area contributed by atoms with Gasteiger partial charge in [0.15, 0.2) is 0 Å². The number of terminal acetylenes is 1. The quantitative estimate of drug-likeness (QED) is 0.436. The molecule has 0 aromatic rings. The molecule has 1 N–H and O–H groups in total. The third-order valence-corrected chi connectivity index (χ3v) is 2.98. The van der Waals surface area contributed by atoms with Crippen molar-refractivity contribution in [1.29, 1.82) is 0 Å². The summed E-state index contributed by atoms with van der Waals surface area (Å²) in [5.74, 6) is 1.66. The lowest BCUT2D eigenvalue weighted by atomic mass is 9.84. The maximum Gasteiger partial charge on any atom is 0.225 e. The highest BCUT2D eigenvalue weighted by Gasteiger charge is 2.35. The van der Waals surface area contributed by atoms with Crippen molar-refractivity contribution in [2.75, 3.05) is 6.54 Å². The van der Waals surface area contributed by atoms with Gasteiger partial charge in [-0.25, -0.2) is 4.39 Å². The summed E-state index contributed by atoms with van der Waals surface area (Å²) in [5.41, 5.74) is 0.438. The number of alkyl halides is 2. The highest BCUT2D eigenvalue weighted by molar-refractivity contribution is 6.22. The summed E-state index contributed by atoms with van der Waals surface area (Å²) in [4.78, 5) is 11.6. The maximum absolute atomic E-state index is 13.2. The van der Waals surface area contributed by atoms with E-state index in [1.54, 1.807) is 0 Å². The molecule has 0 saturated heterocycles. The minimum Gasteiger partial charge on any atom is -0.345 e. The summed E-state index contributed by atoms with van der Waals surface area (Å²) in [6, 6.07) is 0. The van der Waals surface area contributed by atoms with Crippen LogP contribution < -0.4 is 5.32 Å². The van der Waals surface area contributed by atoms with E-state index in [4.69, 9.17) is 18.0 Å². The molecule has 2 nitrogen and oxygen atoms in total. The first kappa shape index (κ1) is 12.1. The lowest BCUT2D eigenvalue weighted by Crippen LogP contribution is -2.40. The molecule has 0 aromatic carbocycles. The molecule has 4 heteroatoms. The van der Waals surface area contributed by atoms with Crippen molar-refractivity contribution < 1.29 is 9.18 Å². The van der Waals surface area contributed by atoms with Crippen LogP contribution in [-0.2, 0) is 4.79 Å². The van der Waals surface area contributed by atoms with E-state index in [-0.39, 0.29) is 18.9 Å². The first-order valence-electron chi connectivity index (χ1n) is 4.73. The van der Waals surface area contributed by atoms with E-state index >= 15 is 0 Å². The van der Waals surface area contributed by atoms with Crippen LogP contribution in [0.25, 0.3) is 0 Å². The Labute approximate surface area is 93.9 Å². The van der Waals surface area contributed by atoms with Crippen molar-refractivity contribution >= 4 is 17.5 Å². The van der Waals surface area contributed by atoms with Crippen molar-refractivity contribution in [3.63, 3.8) is 0 Å². The van der Waals surface area contributed by atoms with Crippen LogP contribution in [0.15, 0.2) is 12.2 Å². The third kappa shape index (κ3) is 2.97. The number of amides is 1. The number of allylic oxidation sites excluding steroid dienone is 1. The number of hydrogen-bond acceptors (Lipinski definition) is 1. The second kappa shape index (κ2) is 5.18. The van der Waals surface area contributed by atoms with Crippen LogP contribution in [-0.4, -0.2) is 24.0 Å². The van der Waals surface area contributed by atoms with Crippen LogP contribution in [0.2, 0.25) is 0 Å². The average Bonchev–Trinajstić information content (AvgIpc) is 2.20. The largest absolute Gasteiger partial charge is 0.345 e. The summed E-state index contributed by atoms with van der Waals surface area (Å²) in [6.07, 6.45) is 4.37. The van der Waals surface area contributed by atoms with Gasteiger partial charge in [0.2, 0.25) is 5.91 Å². The highest BCUT2D eigenvalue weighted by atomic mass is 35.5. The first-order chi connectivity index (χ1) is 7.06. The van der Waals surface area contributed by atoms with Crippen LogP contribution >= 0.6 is 11.6 Å². The molecular formula is C11H13ClFNO. The molecule has 0 bridgehead atoms. The standard InChI is InChI=1S/C11H13ClFNO/c1-3-4-14-11(15)8-5-7(2)10(13)6-9(8)12/h1,8-10H,2,4-6H2,(H,14,15). The zero-order valence-corrected chi connectivity index (χ0v) is 9.06. The topological polar surface area (TPSA) is 29.1 Å². The van der Waals surface area contributed by atoms with E-state index in [1.165, 1.54) is 0 Å².